The van der Waals surface area contributed by atoms with Crippen LogP contribution >= 0.6 is 15.9 Å². The third-order valence-electron chi connectivity index (χ3n) is 3.06. The number of anilines is 1. The van der Waals surface area contributed by atoms with Gasteiger partial charge in [0.25, 0.3) is 5.91 Å². The highest BCUT2D eigenvalue weighted by Gasteiger charge is 2.10. The number of aryl methyl sites for hydroxylation is 1. The Bertz CT molecular complexity index is 651. The van der Waals surface area contributed by atoms with Crippen LogP contribution in [0.4, 0.5) is 5.69 Å². The maximum absolute atomic E-state index is 11.8. The lowest BCUT2D eigenvalue weighted by molar-refractivity contribution is -0.119. The molecule has 22 heavy (non-hydrogen) atoms. The van der Waals surface area contributed by atoms with Crippen molar-refractivity contribution in [3.63, 3.8) is 0 Å². The lowest BCUT2D eigenvalue weighted by atomic mass is 10.1. The summed E-state index contributed by atoms with van der Waals surface area (Å²) in [7, 11) is 0. The highest BCUT2D eigenvalue weighted by molar-refractivity contribution is 9.10. The summed E-state index contributed by atoms with van der Waals surface area (Å²) in [5.74, 6) is -0.890. The van der Waals surface area contributed by atoms with Crippen molar-refractivity contribution >= 4 is 33.5 Å². The van der Waals surface area contributed by atoms with E-state index in [0.29, 0.717) is 11.3 Å². The molecule has 4 nitrogen and oxygen atoms in total. The van der Waals surface area contributed by atoms with E-state index >= 15 is 0 Å². The van der Waals surface area contributed by atoms with Crippen molar-refractivity contribution in [2.24, 2.45) is 0 Å². The summed E-state index contributed by atoms with van der Waals surface area (Å²) in [5.41, 5.74) is 2.28. The Balaban J connectivity index is 1.84. The molecule has 0 heterocycles. The second-order valence-electron chi connectivity index (χ2n) is 4.68. The molecule has 2 rings (SSSR count). The second-order valence-corrected chi connectivity index (χ2v) is 5.60. The average molecular weight is 362 g/mol. The van der Waals surface area contributed by atoms with Gasteiger partial charge in [-0.15, -0.1) is 0 Å². The SMILES string of the molecule is CCc1ccc(NC(=O)COC(=O)c2ccc(Br)cc2)cc1. The van der Waals surface area contributed by atoms with Gasteiger partial charge in [0.2, 0.25) is 0 Å². The summed E-state index contributed by atoms with van der Waals surface area (Å²) in [4.78, 5) is 23.5. The van der Waals surface area contributed by atoms with E-state index in [2.05, 4.69) is 28.2 Å². The molecule has 0 bridgehead atoms. The highest BCUT2D eigenvalue weighted by atomic mass is 79.9. The van der Waals surface area contributed by atoms with Crippen LogP contribution in [0.5, 0.6) is 0 Å². The molecule has 0 unspecified atom stereocenters. The van der Waals surface area contributed by atoms with Crippen LogP contribution in [0.3, 0.4) is 0 Å². The number of carbonyl (C=O) groups excluding carboxylic acids is 2. The summed E-state index contributed by atoms with van der Waals surface area (Å²) in [6.07, 6.45) is 0.943. The fourth-order valence-electron chi connectivity index (χ4n) is 1.82. The summed E-state index contributed by atoms with van der Waals surface area (Å²) in [5, 5.41) is 2.69. The van der Waals surface area contributed by atoms with Crippen molar-refractivity contribution in [3.05, 3.63) is 64.1 Å². The molecule has 5 heteroatoms. The zero-order valence-electron chi connectivity index (χ0n) is 12.1. The van der Waals surface area contributed by atoms with Gasteiger partial charge in [0.1, 0.15) is 0 Å². The molecule has 114 valence electrons. The van der Waals surface area contributed by atoms with Crippen LogP contribution in [-0.2, 0) is 16.0 Å². The fraction of sp³-hybridized carbons (Fsp3) is 0.176. The standard InChI is InChI=1S/C17H16BrNO3/c1-2-12-3-9-15(10-4-12)19-16(20)11-22-17(21)13-5-7-14(18)8-6-13/h3-10H,2,11H2,1H3,(H,19,20). The van der Waals surface area contributed by atoms with Gasteiger partial charge < -0.3 is 10.1 Å². The number of carbonyl (C=O) groups is 2. The number of hydrogen-bond donors (Lipinski definition) is 1. The zero-order valence-corrected chi connectivity index (χ0v) is 13.7. The maximum Gasteiger partial charge on any atom is 0.338 e. The van der Waals surface area contributed by atoms with E-state index in [-0.39, 0.29) is 12.5 Å². The monoisotopic (exact) mass is 361 g/mol. The smallest absolute Gasteiger partial charge is 0.338 e. The van der Waals surface area contributed by atoms with Gasteiger partial charge in [-0.2, -0.15) is 0 Å². The Morgan fingerprint density at radius 3 is 2.27 bits per heavy atom. The van der Waals surface area contributed by atoms with Crippen molar-refractivity contribution in [2.75, 3.05) is 11.9 Å². The molecule has 0 spiro atoms. The van der Waals surface area contributed by atoms with Crippen LogP contribution in [-0.4, -0.2) is 18.5 Å². The first-order valence-corrected chi connectivity index (χ1v) is 7.69. The molecule has 0 aliphatic heterocycles. The lowest BCUT2D eigenvalue weighted by Crippen LogP contribution is -2.20. The molecule has 0 aromatic heterocycles. The second kappa shape index (κ2) is 7.75. The summed E-state index contributed by atoms with van der Waals surface area (Å²) < 4.78 is 5.85. The minimum Gasteiger partial charge on any atom is -0.452 e. The number of esters is 1. The third-order valence-corrected chi connectivity index (χ3v) is 3.59. The Morgan fingerprint density at radius 1 is 1.05 bits per heavy atom. The van der Waals surface area contributed by atoms with E-state index in [1.165, 1.54) is 5.56 Å². The van der Waals surface area contributed by atoms with E-state index in [1.807, 2.05) is 24.3 Å². The van der Waals surface area contributed by atoms with Gasteiger partial charge in [-0.1, -0.05) is 35.0 Å². The number of nitrogens with one attached hydrogen (secondary N) is 1. The third kappa shape index (κ3) is 4.70. The van der Waals surface area contributed by atoms with Crippen LogP contribution in [0.2, 0.25) is 0 Å². The summed E-state index contributed by atoms with van der Waals surface area (Å²) in [6, 6.07) is 14.3. The Kier molecular flexibility index (Phi) is 5.72. The Labute approximate surface area is 137 Å². The van der Waals surface area contributed by atoms with Gasteiger partial charge in [0.15, 0.2) is 6.61 Å². The number of hydrogen-bond acceptors (Lipinski definition) is 3. The predicted molar refractivity (Wildman–Crippen MR) is 88.9 cm³/mol. The van der Waals surface area contributed by atoms with Crippen molar-refractivity contribution < 1.29 is 14.3 Å². The van der Waals surface area contributed by atoms with Crippen LogP contribution in [0.15, 0.2) is 53.0 Å². The van der Waals surface area contributed by atoms with Gasteiger partial charge >= 0.3 is 5.97 Å². The Morgan fingerprint density at radius 2 is 1.68 bits per heavy atom. The first-order chi connectivity index (χ1) is 10.6. The average Bonchev–Trinajstić information content (AvgIpc) is 2.54. The summed E-state index contributed by atoms with van der Waals surface area (Å²) in [6.45, 7) is 1.75. The van der Waals surface area contributed by atoms with Crippen LogP contribution in [0.1, 0.15) is 22.8 Å². The molecule has 1 amide bonds. The largest absolute Gasteiger partial charge is 0.452 e. The molecule has 0 aliphatic carbocycles. The topological polar surface area (TPSA) is 55.4 Å². The predicted octanol–water partition coefficient (Wildman–Crippen LogP) is 3.81. The number of halogens is 1. The first-order valence-electron chi connectivity index (χ1n) is 6.90. The van der Waals surface area contributed by atoms with Crippen molar-refractivity contribution in [1.82, 2.24) is 0 Å². The molecule has 0 fully saturated rings. The van der Waals surface area contributed by atoms with Gasteiger partial charge in [-0.25, -0.2) is 4.79 Å². The molecule has 0 saturated carbocycles. The molecule has 2 aromatic rings. The fourth-order valence-corrected chi connectivity index (χ4v) is 2.09. The zero-order chi connectivity index (χ0) is 15.9. The van der Waals surface area contributed by atoms with Gasteiger partial charge in [0, 0.05) is 10.2 Å². The quantitative estimate of drug-likeness (QED) is 0.823. The van der Waals surface area contributed by atoms with E-state index < -0.39 is 5.97 Å². The molecule has 1 N–H and O–H groups in total. The van der Waals surface area contributed by atoms with E-state index in [4.69, 9.17) is 4.74 Å². The molecular formula is C17H16BrNO3. The number of rotatable bonds is 5. The summed E-state index contributed by atoms with van der Waals surface area (Å²) >= 11 is 3.29. The minimum atomic E-state index is -0.524. The molecule has 0 atom stereocenters. The van der Waals surface area contributed by atoms with E-state index in [1.54, 1.807) is 24.3 Å². The van der Waals surface area contributed by atoms with E-state index in [0.717, 1.165) is 10.9 Å². The number of ether oxygens (including phenoxy) is 1. The molecule has 0 saturated heterocycles. The molecule has 0 aliphatic rings. The number of amides is 1. The van der Waals surface area contributed by atoms with Crippen molar-refractivity contribution in [2.45, 2.75) is 13.3 Å². The molecule has 0 radical (unpaired) electrons. The van der Waals surface area contributed by atoms with Gasteiger partial charge in [-0.3, -0.25) is 4.79 Å². The van der Waals surface area contributed by atoms with Crippen LogP contribution in [0.25, 0.3) is 0 Å². The number of benzene rings is 2. The van der Waals surface area contributed by atoms with Crippen LogP contribution in [0, 0.1) is 0 Å². The normalized spacial score (nSPS) is 10.1. The lowest BCUT2D eigenvalue weighted by Gasteiger charge is -2.07. The Hall–Kier alpha value is -2.14. The van der Waals surface area contributed by atoms with Crippen molar-refractivity contribution in [1.29, 1.82) is 0 Å². The van der Waals surface area contributed by atoms with Crippen LogP contribution < -0.4 is 5.32 Å². The van der Waals surface area contributed by atoms with Crippen molar-refractivity contribution in [3.8, 4) is 0 Å². The molecular weight excluding hydrogens is 346 g/mol. The first kappa shape index (κ1) is 16.2. The highest BCUT2D eigenvalue weighted by Crippen LogP contribution is 2.12. The van der Waals surface area contributed by atoms with E-state index in [9.17, 15) is 9.59 Å². The maximum atomic E-state index is 11.8. The van der Waals surface area contributed by atoms with Gasteiger partial charge in [0.05, 0.1) is 5.56 Å². The molecule has 2 aromatic carbocycles. The van der Waals surface area contributed by atoms with Gasteiger partial charge in [-0.05, 0) is 48.4 Å². The minimum absolute atomic E-state index is 0.315.